The van der Waals surface area contributed by atoms with Crippen LogP contribution in [0.15, 0.2) is 147 Å². The van der Waals surface area contributed by atoms with Gasteiger partial charge in [-0.05, 0) is 103 Å². The van der Waals surface area contributed by atoms with Gasteiger partial charge in [-0.25, -0.2) is 16.8 Å². The molecule has 0 aromatic heterocycles. The van der Waals surface area contributed by atoms with Crippen molar-refractivity contribution in [2.75, 3.05) is 39.6 Å². The standard InChI is InChI=1S/C37H36O10S2/c38-30-6-14-34(15-7-30)48(39,40)35-16-8-31(9-17-35)45-26-24-43-22-23-44-25-27-46-32-10-18-36(19-11-32)49(41,42)37-20-12-33(13-21-37)47-28-29-4-2-1-3-5-29/h1-21,38H,22-28H2. The smallest absolute Gasteiger partial charge is 0.206 e. The van der Waals surface area contributed by atoms with Crippen LogP contribution in [0, 0.1) is 0 Å². The molecule has 0 fully saturated rings. The fraction of sp³-hybridized carbons (Fsp3) is 0.189. The summed E-state index contributed by atoms with van der Waals surface area (Å²) in [7, 11) is -7.40. The van der Waals surface area contributed by atoms with Crippen molar-refractivity contribution < 1.29 is 45.6 Å². The van der Waals surface area contributed by atoms with E-state index in [1.165, 1.54) is 60.7 Å². The van der Waals surface area contributed by atoms with Gasteiger partial charge < -0.3 is 28.8 Å². The molecule has 0 radical (unpaired) electrons. The third kappa shape index (κ3) is 10.1. The van der Waals surface area contributed by atoms with Crippen LogP contribution in [0.2, 0.25) is 0 Å². The van der Waals surface area contributed by atoms with Crippen molar-refractivity contribution in [1.29, 1.82) is 0 Å². The van der Waals surface area contributed by atoms with Crippen LogP contribution in [-0.2, 0) is 35.8 Å². The Hall–Kier alpha value is -4.88. The summed E-state index contributed by atoms with van der Waals surface area (Å²) in [5, 5.41) is 9.39. The van der Waals surface area contributed by atoms with Crippen molar-refractivity contribution in [2.24, 2.45) is 0 Å². The predicted octanol–water partition coefficient (Wildman–Crippen LogP) is 6.13. The first-order valence-corrected chi connectivity index (χ1v) is 18.4. The summed E-state index contributed by atoms with van der Waals surface area (Å²) in [5.41, 5.74) is 1.02. The minimum absolute atomic E-state index is 0.00803. The molecule has 12 heteroatoms. The molecule has 49 heavy (non-hydrogen) atoms. The molecule has 10 nitrogen and oxygen atoms in total. The second-order valence-electron chi connectivity index (χ2n) is 10.6. The lowest BCUT2D eigenvalue weighted by atomic mass is 10.2. The van der Waals surface area contributed by atoms with Gasteiger partial charge in [0.15, 0.2) is 0 Å². The number of ether oxygens (including phenoxy) is 5. The first-order chi connectivity index (χ1) is 23.7. The molecule has 5 aromatic rings. The maximum Gasteiger partial charge on any atom is 0.206 e. The lowest BCUT2D eigenvalue weighted by molar-refractivity contribution is 0.0273. The zero-order valence-electron chi connectivity index (χ0n) is 26.5. The molecule has 0 amide bonds. The van der Waals surface area contributed by atoms with E-state index in [4.69, 9.17) is 23.7 Å². The van der Waals surface area contributed by atoms with Crippen molar-refractivity contribution >= 4 is 19.7 Å². The van der Waals surface area contributed by atoms with Gasteiger partial charge in [-0.2, -0.15) is 0 Å². The summed E-state index contributed by atoms with van der Waals surface area (Å²) < 4.78 is 79.7. The molecule has 0 aliphatic carbocycles. The van der Waals surface area contributed by atoms with Gasteiger partial charge in [0.25, 0.3) is 0 Å². The predicted molar refractivity (Wildman–Crippen MR) is 182 cm³/mol. The Labute approximate surface area is 286 Å². The fourth-order valence-corrected chi connectivity index (χ4v) is 7.06. The number of aromatic hydroxyl groups is 1. The minimum atomic E-state index is -3.70. The van der Waals surface area contributed by atoms with Crippen molar-refractivity contribution in [3.8, 4) is 23.0 Å². The Morgan fingerprint density at radius 2 is 0.755 bits per heavy atom. The average molecular weight is 705 g/mol. The molecule has 5 rings (SSSR count). The highest BCUT2D eigenvalue weighted by atomic mass is 32.2. The number of phenols is 1. The van der Waals surface area contributed by atoms with E-state index in [1.54, 1.807) is 36.4 Å². The van der Waals surface area contributed by atoms with E-state index in [0.29, 0.717) is 50.3 Å². The molecule has 0 atom stereocenters. The van der Waals surface area contributed by atoms with Gasteiger partial charge in [-0.15, -0.1) is 0 Å². The minimum Gasteiger partial charge on any atom is -0.508 e. The highest BCUT2D eigenvalue weighted by Gasteiger charge is 2.19. The molecule has 0 unspecified atom stereocenters. The van der Waals surface area contributed by atoms with Crippen molar-refractivity contribution in [2.45, 2.75) is 26.2 Å². The van der Waals surface area contributed by atoms with E-state index in [9.17, 15) is 21.9 Å². The monoisotopic (exact) mass is 704 g/mol. The zero-order chi connectivity index (χ0) is 34.5. The van der Waals surface area contributed by atoms with Crippen LogP contribution < -0.4 is 14.2 Å². The Kier molecular flexibility index (Phi) is 12.3. The number of hydrogen-bond donors (Lipinski definition) is 1. The molecule has 0 aliphatic rings. The number of hydrogen-bond acceptors (Lipinski definition) is 10. The van der Waals surface area contributed by atoms with Gasteiger partial charge in [0.1, 0.15) is 42.8 Å². The van der Waals surface area contributed by atoms with Crippen molar-refractivity contribution in [1.82, 2.24) is 0 Å². The molecular formula is C37H36O10S2. The van der Waals surface area contributed by atoms with E-state index in [2.05, 4.69) is 0 Å². The molecule has 5 aromatic carbocycles. The summed E-state index contributed by atoms with van der Waals surface area (Å²) in [6.45, 7) is 2.27. The van der Waals surface area contributed by atoms with Gasteiger partial charge in [0, 0.05) is 0 Å². The van der Waals surface area contributed by atoms with E-state index < -0.39 is 19.7 Å². The Bertz CT molecular complexity index is 1960. The second kappa shape index (κ2) is 17.0. The van der Waals surface area contributed by atoms with Crippen molar-refractivity contribution in [3.63, 3.8) is 0 Å². The molecular weight excluding hydrogens is 669 g/mol. The summed E-state index contributed by atoms with van der Waals surface area (Å²) in [4.78, 5) is 0.541. The van der Waals surface area contributed by atoms with E-state index in [0.717, 1.165) is 5.56 Å². The summed E-state index contributed by atoms with van der Waals surface area (Å²) >= 11 is 0. The van der Waals surface area contributed by atoms with E-state index in [-0.39, 0.29) is 38.5 Å². The van der Waals surface area contributed by atoms with E-state index in [1.807, 2.05) is 30.3 Å². The summed E-state index contributed by atoms with van der Waals surface area (Å²) in [5.74, 6) is 1.60. The lowest BCUT2D eigenvalue weighted by Gasteiger charge is -2.10. The maximum atomic E-state index is 13.1. The maximum absolute atomic E-state index is 13.1. The molecule has 0 spiro atoms. The normalized spacial score (nSPS) is 11.6. The highest BCUT2D eigenvalue weighted by Crippen LogP contribution is 2.26. The van der Waals surface area contributed by atoms with Gasteiger partial charge >= 0.3 is 0 Å². The Morgan fingerprint density at radius 1 is 0.408 bits per heavy atom. The second-order valence-corrected chi connectivity index (χ2v) is 14.5. The van der Waals surface area contributed by atoms with Crippen LogP contribution in [0.3, 0.4) is 0 Å². The van der Waals surface area contributed by atoms with Gasteiger partial charge in [-0.1, -0.05) is 30.3 Å². The van der Waals surface area contributed by atoms with Crippen LogP contribution in [0.5, 0.6) is 23.0 Å². The molecule has 1 N–H and O–H groups in total. The topological polar surface area (TPSA) is 135 Å². The molecule has 256 valence electrons. The molecule has 0 saturated heterocycles. The number of benzene rings is 5. The molecule has 0 saturated carbocycles. The number of phenolic OH excluding ortho intramolecular Hbond substituents is 1. The highest BCUT2D eigenvalue weighted by molar-refractivity contribution is 7.91. The van der Waals surface area contributed by atoms with Crippen LogP contribution in [0.4, 0.5) is 0 Å². The largest absolute Gasteiger partial charge is 0.508 e. The number of rotatable bonds is 18. The fourth-order valence-electron chi connectivity index (χ4n) is 4.54. The third-order valence-electron chi connectivity index (χ3n) is 7.16. The molecule has 0 heterocycles. The SMILES string of the molecule is O=S(=O)(c1ccc(O)cc1)c1ccc(OCCOCCOCCOc2ccc(S(=O)(=O)c3ccc(OCc4ccccc4)cc3)cc2)cc1. The van der Waals surface area contributed by atoms with E-state index >= 15 is 0 Å². The first kappa shape index (κ1) is 35.4. The Balaban J connectivity index is 0.939. The van der Waals surface area contributed by atoms with Crippen molar-refractivity contribution in [3.05, 3.63) is 133 Å². The zero-order valence-corrected chi connectivity index (χ0v) is 28.1. The summed E-state index contributed by atoms with van der Waals surface area (Å²) in [6, 6.07) is 33.7. The molecule has 0 aliphatic heterocycles. The summed E-state index contributed by atoms with van der Waals surface area (Å²) in [6.07, 6.45) is 0. The first-order valence-electron chi connectivity index (χ1n) is 15.4. The quantitative estimate of drug-likeness (QED) is 0.106. The number of sulfone groups is 2. The van der Waals surface area contributed by atoms with Gasteiger partial charge in [-0.3, -0.25) is 0 Å². The molecule has 0 bridgehead atoms. The third-order valence-corrected chi connectivity index (χ3v) is 10.7. The van der Waals surface area contributed by atoms with Gasteiger partial charge in [0.2, 0.25) is 19.7 Å². The van der Waals surface area contributed by atoms with Crippen LogP contribution in [-0.4, -0.2) is 61.6 Å². The van der Waals surface area contributed by atoms with Crippen LogP contribution in [0.25, 0.3) is 0 Å². The van der Waals surface area contributed by atoms with Crippen LogP contribution >= 0.6 is 0 Å². The lowest BCUT2D eigenvalue weighted by Crippen LogP contribution is -2.13. The van der Waals surface area contributed by atoms with Crippen LogP contribution in [0.1, 0.15) is 5.56 Å². The Morgan fingerprint density at radius 3 is 1.16 bits per heavy atom. The van der Waals surface area contributed by atoms with Gasteiger partial charge in [0.05, 0.1) is 46.0 Å². The average Bonchev–Trinajstić information content (AvgIpc) is 3.13.